The first-order valence-corrected chi connectivity index (χ1v) is 4.84. The topological polar surface area (TPSA) is 55.2 Å². The summed E-state index contributed by atoms with van der Waals surface area (Å²) in [5.41, 5.74) is 1.73. The van der Waals surface area contributed by atoms with Gasteiger partial charge in [-0.05, 0) is 13.3 Å². The minimum atomic E-state index is -0.268. The minimum absolute atomic E-state index is 0.0903. The van der Waals surface area contributed by atoms with Gasteiger partial charge in [-0.15, -0.1) is 0 Å². The molecule has 0 aromatic carbocycles. The van der Waals surface area contributed by atoms with Crippen molar-refractivity contribution >= 4 is 0 Å². The summed E-state index contributed by atoms with van der Waals surface area (Å²) in [6.45, 7) is 2.51. The molecule has 1 fully saturated rings. The van der Waals surface area contributed by atoms with Crippen molar-refractivity contribution in [2.45, 2.75) is 32.0 Å². The average molecular weight is 194 g/mol. The van der Waals surface area contributed by atoms with E-state index in [1.54, 1.807) is 12.4 Å². The molecule has 1 aromatic rings. The second kappa shape index (κ2) is 4.02. The predicted molar refractivity (Wildman–Crippen MR) is 50.7 cm³/mol. The Bertz CT molecular complexity index is 317. The van der Waals surface area contributed by atoms with Crippen molar-refractivity contribution in [2.24, 2.45) is 0 Å². The van der Waals surface area contributed by atoms with Crippen LogP contribution in [0, 0.1) is 6.92 Å². The summed E-state index contributed by atoms with van der Waals surface area (Å²) in [6, 6.07) is 0. The van der Waals surface area contributed by atoms with E-state index in [-0.39, 0.29) is 12.2 Å². The van der Waals surface area contributed by atoms with E-state index in [2.05, 4.69) is 9.97 Å². The number of aliphatic hydroxyl groups is 1. The predicted octanol–water partition coefficient (Wildman–Crippen LogP) is 0.997. The highest BCUT2D eigenvalue weighted by molar-refractivity contribution is 5.12. The number of aryl methyl sites for hydroxylation is 1. The van der Waals surface area contributed by atoms with Gasteiger partial charge in [0.1, 0.15) is 6.10 Å². The van der Waals surface area contributed by atoms with Gasteiger partial charge >= 0.3 is 0 Å². The number of rotatable bonds is 1. The SMILES string of the molecule is Cc1nccnc1C1CC(O)CCO1. The second-order valence-electron chi connectivity index (χ2n) is 3.56. The summed E-state index contributed by atoms with van der Waals surface area (Å²) in [4.78, 5) is 8.39. The zero-order valence-corrected chi connectivity index (χ0v) is 8.18. The van der Waals surface area contributed by atoms with Gasteiger partial charge in [0.05, 0.1) is 17.5 Å². The zero-order valence-electron chi connectivity index (χ0n) is 8.18. The van der Waals surface area contributed by atoms with Crippen LogP contribution in [0.3, 0.4) is 0 Å². The lowest BCUT2D eigenvalue weighted by Gasteiger charge is -2.26. The fourth-order valence-corrected chi connectivity index (χ4v) is 1.70. The molecule has 2 rings (SSSR count). The first kappa shape index (κ1) is 9.55. The highest BCUT2D eigenvalue weighted by Crippen LogP contribution is 2.27. The molecule has 2 atom stereocenters. The quantitative estimate of drug-likeness (QED) is 0.724. The number of aliphatic hydroxyl groups excluding tert-OH is 1. The van der Waals surface area contributed by atoms with Crippen molar-refractivity contribution in [3.63, 3.8) is 0 Å². The Kier molecular flexibility index (Phi) is 2.74. The van der Waals surface area contributed by atoms with Crippen molar-refractivity contribution in [3.8, 4) is 0 Å². The van der Waals surface area contributed by atoms with Gasteiger partial charge in [0.25, 0.3) is 0 Å². The maximum Gasteiger partial charge on any atom is 0.104 e. The van der Waals surface area contributed by atoms with Crippen LogP contribution in [0.2, 0.25) is 0 Å². The summed E-state index contributed by atoms with van der Waals surface area (Å²) in [6.07, 6.45) is 4.31. The molecular weight excluding hydrogens is 180 g/mol. The normalized spacial score (nSPS) is 27.6. The molecule has 14 heavy (non-hydrogen) atoms. The van der Waals surface area contributed by atoms with Gasteiger partial charge < -0.3 is 9.84 Å². The molecule has 76 valence electrons. The standard InChI is InChI=1S/C10H14N2O2/c1-7-10(12-4-3-11-7)9-6-8(13)2-5-14-9/h3-4,8-9,13H,2,5-6H2,1H3. The van der Waals surface area contributed by atoms with Crippen LogP contribution in [-0.2, 0) is 4.74 Å². The molecule has 4 nitrogen and oxygen atoms in total. The van der Waals surface area contributed by atoms with Crippen molar-refractivity contribution in [3.05, 3.63) is 23.8 Å². The molecule has 1 aliphatic rings. The molecule has 0 aliphatic carbocycles. The van der Waals surface area contributed by atoms with Crippen LogP contribution in [0.5, 0.6) is 0 Å². The van der Waals surface area contributed by atoms with Gasteiger partial charge in [-0.1, -0.05) is 0 Å². The van der Waals surface area contributed by atoms with Crippen molar-refractivity contribution in [1.29, 1.82) is 0 Å². The molecule has 2 unspecified atom stereocenters. The largest absolute Gasteiger partial charge is 0.393 e. The molecule has 0 bridgehead atoms. The fraction of sp³-hybridized carbons (Fsp3) is 0.600. The van der Waals surface area contributed by atoms with Gasteiger partial charge in [0.2, 0.25) is 0 Å². The molecule has 0 spiro atoms. The first-order chi connectivity index (χ1) is 6.77. The van der Waals surface area contributed by atoms with Crippen LogP contribution in [0.25, 0.3) is 0 Å². The summed E-state index contributed by atoms with van der Waals surface area (Å²) < 4.78 is 5.55. The number of hydrogen-bond donors (Lipinski definition) is 1. The van der Waals surface area contributed by atoms with Gasteiger partial charge in [-0.3, -0.25) is 9.97 Å². The number of hydrogen-bond acceptors (Lipinski definition) is 4. The number of aromatic nitrogens is 2. The Balaban J connectivity index is 2.18. The van der Waals surface area contributed by atoms with Crippen LogP contribution < -0.4 is 0 Å². The van der Waals surface area contributed by atoms with E-state index in [1.165, 1.54) is 0 Å². The van der Waals surface area contributed by atoms with Crippen molar-refractivity contribution in [1.82, 2.24) is 9.97 Å². The van der Waals surface area contributed by atoms with Crippen molar-refractivity contribution in [2.75, 3.05) is 6.61 Å². The number of ether oxygens (including phenoxy) is 1. The smallest absolute Gasteiger partial charge is 0.104 e. The average Bonchev–Trinajstić information content (AvgIpc) is 2.18. The van der Waals surface area contributed by atoms with E-state index >= 15 is 0 Å². The van der Waals surface area contributed by atoms with E-state index in [9.17, 15) is 5.11 Å². The van der Waals surface area contributed by atoms with Gasteiger partial charge in [0, 0.05) is 25.4 Å². The Hall–Kier alpha value is -1.00. The Labute approximate surface area is 83.0 Å². The molecule has 0 saturated carbocycles. The zero-order chi connectivity index (χ0) is 9.97. The third-order valence-electron chi connectivity index (χ3n) is 2.48. The van der Waals surface area contributed by atoms with Gasteiger partial charge in [-0.25, -0.2) is 0 Å². The van der Waals surface area contributed by atoms with Crippen LogP contribution in [0.4, 0.5) is 0 Å². The fourth-order valence-electron chi connectivity index (χ4n) is 1.70. The minimum Gasteiger partial charge on any atom is -0.393 e. The van der Waals surface area contributed by atoms with Crippen LogP contribution in [0.15, 0.2) is 12.4 Å². The maximum atomic E-state index is 9.50. The third kappa shape index (κ3) is 1.91. The Morgan fingerprint density at radius 1 is 1.43 bits per heavy atom. The number of nitrogens with zero attached hydrogens (tertiary/aromatic N) is 2. The van der Waals surface area contributed by atoms with Crippen LogP contribution in [0.1, 0.15) is 30.3 Å². The lowest BCUT2D eigenvalue weighted by Crippen LogP contribution is -2.24. The highest BCUT2D eigenvalue weighted by Gasteiger charge is 2.24. The molecule has 2 heterocycles. The Morgan fingerprint density at radius 3 is 2.93 bits per heavy atom. The molecule has 1 saturated heterocycles. The summed E-state index contributed by atoms with van der Waals surface area (Å²) in [5.74, 6) is 0. The van der Waals surface area contributed by atoms with Gasteiger partial charge in [0.15, 0.2) is 0 Å². The Morgan fingerprint density at radius 2 is 2.21 bits per heavy atom. The van der Waals surface area contributed by atoms with Crippen LogP contribution in [-0.4, -0.2) is 27.8 Å². The van der Waals surface area contributed by atoms with E-state index in [0.717, 1.165) is 17.8 Å². The van der Waals surface area contributed by atoms with Gasteiger partial charge in [-0.2, -0.15) is 0 Å². The summed E-state index contributed by atoms with van der Waals surface area (Å²) in [7, 11) is 0. The van der Waals surface area contributed by atoms with E-state index < -0.39 is 0 Å². The molecule has 1 N–H and O–H groups in total. The molecular formula is C10H14N2O2. The molecule has 1 aliphatic heterocycles. The summed E-state index contributed by atoms with van der Waals surface area (Å²) in [5, 5.41) is 9.50. The summed E-state index contributed by atoms with van der Waals surface area (Å²) >= 11 is 0. The van der Waals surface area contributed by atoms with Crippen molar-refractivity contribution < 1.29 is 9.84 Å². The lowest BCUT2D eigenvalue weighted by molar-refractivity contribution is -0.0470. The van der Waals surface area contributed by atoms with E-state index in [0.29, 0.717) is 13.0 Å². The second-order valence-corrected chi connectivity index (χ2v) is 3.56. The molecule has 0 amide bonds. The van der Waals surface area contributed by atoms with Crippen LogP contribution >= 0.6 is 0 Å². The van der Waals surface area contributed by atoms with E-state index in [1.807, 2.05) is 6.92 Å². The maximum absolute atomic E-state index is 9.50. The molecule has 0 radical (unpaired) electrons. The third-order valence-corrected chi connectivity index (χ3v) is 2.48. The lowest BCUT2D eigenvalue weighted by atomic mass is 10.0. The highest BCUT2D eigenvalue weighted by atomic mass is 16.5. The monoisotopic (exact) mass is 194 g/mol. The molecule has 1 aromatic heterocycles. The molecule has 4 heteroatoms. The van der Waals surface area contributed by atoms with E-state index in [4.69, 9.17) is 4.74 Å². The first-order valence-electron chi connectivity index (χ1n) is 4.84.